The third kappa shape index (κ3) is 6.64. The van der Waals surface area contributed by atoms with Crippen LogP contribution in [-0.4, -0.2) is 64.4 Å². The second kappa shape index (κ2) is 11.2. The van der Waals surface area contributed by atoms with Gasteiger partial charge in [0.25, 0.3) is 0 Å². The van der Waals surface area contributed by atoms with Crippen LogP contribution in [0.25, 0.3) is 0 Å². The van der Waals surface area contributed by atoms with Crippen LogP contribution >= 0.6 is 0 Å². The van der Waals surface area contributed by atoms with E-state index in [0.717, 1.165) is 43.3 Å². The van der Waals surface area contributed by atoms with Gasteiger partial charge in [-0.15, -0.1) is 0 Å². The number of hydrogen-bond donors (Lipinski definition) is 0. The van der Waals surface area contributed by atoms with Gasteiger partial charge in [0.1, 0.15) is 17.2 Å². The number of methoxy groups -OCH3 is 3. The lowest BCUT2D eigenvalue weighted by atomic mass is 9.97. The predicted molar refractivity (Wildman–Crippen MR) is 122 cm³/mol. The Hall–Kier alpha value is -2.24. The second-order valence-electron chi connectivity index (χ2n) is 8.32. The van der Waals surface area contributed by atoms with Gasteiger partial charge in [0.05, 0.1) is 21.3 Å². The minimum atomic E-state index is 0.715. The first-order chi connectivity index (χ1) is 14.6. The second-order valence-corrected chi connectivity index (χ2v) is 8.32. The average molecular weight is 413 g/mol. The van der Waals surface area contributed by atoms with Crippen LogP contribution in [0.2, 0.25) is 0 Å². The lowest BCUT2D eigenvalue weighted by molar-refractivity contribution is 0.142. The minimum absolute atomic E-state index is 0.715. The molecule has 0 aromatic heterocycles. The van der Waals surface area contributed by atoms with Gasteiger partial charge in [-0.05, 0) is 74.2 Å². The van der Waals surface area contributed by atoms with Crippen molar-refractivity contribution in [2.24, 2.45) is 5.92 Å². The van der Waals surface area contributed by atoms with Crippen molar-refractivity contribution in [2.45, 2.75) is 25.8 Å². The van der Waals surface area contributed by atoms with Crippen LogP contribution in [0.1, 0.15) is 24.0 Å². The number of rotatable bonds is 10. The maximum atomic E-state index is 5.41. The van der Waals surface area contributed by atoms with E-state index in [-0.39, 0.29) is 0 Å². The Kier molecular flexibility index (Phi) is 8.40. The topological polar surface area (TPSA) is 34.2 Å². The van der Waals surface area contributed by atoms with Gasteiger partial charge in [-0.2, -0.15) is 0 Å². The fraction of sp³-hybridized carbons (Fsp3) is 0.520. The highest BCUT2D eigenvalue weighted by atomic mass is 16.5. The van der Waals surface area contributed by atoms with Gasteiger partial charge in [0, 0.05) is 32.2 Å². The summed E-state index contributed by atoms with van der Waals surface area (Å²) in [4.78, 5) is 5.05. The van der Waals surface area contributed by atoms with Crippen LogP contribution in [0, 0.1) is 5.92 Å². The van der Waals surface area contributed by atoms with Gasteiger partial charge in [-0.3, -0.25) is 0 Å². The van der Waals surface area contributed by atoms with Gasteiger partial charge in [-0.1, -0.05) is 12.1 Å². The van der Waals surface area contributed by atoms with Gasteiger partial charge >= 0.3 is 0 Å². The smallest absolute Gasteiger partial charge is 0.122 e. The van der Waals surface area contributed by atoms with Crippen molar-refractivity contribution in [3.8, 4) is 17.2 Å². The van der Waals surface area contributed by atoms with E-state index in [2.05, 4.69) is 53.2 Å². The molecule has 0 saturated carbocycles. The molecule has 1 aliphatic heterocycles. The zero-order valence-corrected chi connectivity index (χ0v) is 18.9. The molecule has 2 aromatic rings. The Labute approximate surface area is 181 Å². The van der Waals surface area contributed by atoms with E-state index in [0.29, 0.717) is 5.92 Å². The first kappa shape index (κ1) is 22.4. The van der Waals surface area contributed by atoms with E-state index >= 15 is 0 Å². The summed E-state index contributed by atoms with van der Waals surface area (Å²) >= 11 is 0. The van der Waals surface area contributed by atoms with Crippen LogP contribution in [-0.2, 0) is 13.0 Å². The summed E-state index contributed by atoms with van der Waals surface area (Å²) in [5, 5.41) is 0. The van der Waals surface area contributed by atoms with E-state index in [4.69, 9.17) is 14.2 Å². The standard InChI is InChI=1S/C25H36N2O3/c1-26(18-22-14-24(29-3)16-25(15-22)30-4)17-21-6-5-12-27(19-21)13-11-20-7-9-23(28-2)10-8-20/h7-10,14-16,21H,5-6,11-13,17-19H2,1-4H3/t21-/m1/s1. The normalized spacial score (nSPS) is 17.2. The lowest BCUT2D eigenvalue weighted by Crippen LogP contribution is -2.40. The highest BCUT2D eigenvalue weighted by molar-refractivity contribution is 5.38. The molecule has 0 amide bonds. The number of likely N-dealkylation sites (tertiary alicyclic amines) is 1. The molecule has 0 N–H and O–H groups in total. The molecule has 5 heteroatoms. The number of piperidine rings is 1. The third-order valence-electron chi connectivity index (χ3n) is 5.91. The Bertz CT molecular complexity index is 756. The average Bonchev–Trinajstić information content (AvgIpc) is 2.77. The summed E-state index contributed by atoms with van der Waals surface area (Å²) in [6.45, 7) is 5.53. The molecular formula is C25H36N2O3. The van der Waals surface area contributed by atoms with E-state index in [9.17, 15) is 0 Å². The van der Waals surface area contributed by atoms with Crippen molar-refractivity contribution in [2.75, 3.05) is 54.6 Å². The quantitative estimate of drug-likeness (QED) is 0.587. The van der Waals surface area contributed by atoms with Crippen LogP contribution in [0.3, 0.4) is 0 Å². The molecule has 1 heterocycles. The first-order valence-corrected chi connectivity index (χ1v) is 10.9. The van der Waals surface area contributed by atoms with Crippen molar-refractivity contribution in [1.29, 1.82) is 0 Å². The van der Waals surface area contributed by atoms with Gasteiger partial charge in [0.15, 0.2) is 0 Å². The highest BCUT2D eigenvalue weighted by Gasteiger charge is 2.21. The summed E-state index contributed by atoms with van der Waals surface area (Å²) in [6.07, 6.45) is 3.69. The summed E-state index contributed by atoms with van der Waals surface area (Å²) in [5.41, 5.74) is 2.60. The van der Waals surface area contributed by atoms with Gasteiger partial charge in [0.2, 0.25) is 0 Å². The number of ether oxygens (including phenoxy) is 3. The van der Waals surface area contributed by atoms with Crippen molar-refractivity contribution < 1.29 is 14.2 Å². The van der Waals surface area contributed by atoms with Gasteiger partial charge in [-0.25, -0.2) is 0 Å². The molecule has 0 aliphatic carbocycles. The van der Waals surface area contributed by atoms with E-state index in [1.807, 2.05) is 6.07 Å². The Balaban J connectivity index is 1.48. The van der Waals surface area contributed by atoms with E-state index in [1.165, 1.54) is 37.1 Å². The monoisotopic (exact) mass is 412 g/mol. The molecule has 3 rings (SSSR count). The number of hydrogen-bond acceptors (Lipinski definition) is 5. The summed E-state index contributed by atoms with van der Waals surface area (Å²) in [5.74, 6) is 3.33. The van der Waals surface area contributed by atoms with Crippen LogP contribution in [0.15, 0.2) is 42.5 Å². The SMILES string of the molecule is COc1ccc(CCN2CCC[C@H](CN(C)Cc3cc(OC)cc(OC)c3)C2)cc1. The summed E-state index contributed by atoms with van der Waals surface area (Å²) in [6, 6.07) is 14.6. The third-order valence-corrected chi connectivity index (χ3v) is 5.91. The van der Waals surface area contributed by atoms with Gasteiger partial charge < -0.3 is 24.0 Å². The maximum Gasteiger partial charge on any atom is 0.122 e. The Morgan fingerprint density at radius 2 is 1.57 bits per heavy atom. The number of benzene rings is 2. The fourth-order valence-electron chi connectivity index (χ4n) is 4.36. The molecule has 1 fully saturated rings. The van der Waals surface area contributed by atoms with Crippen molar-refractivity contribution in [3.05, 3.63) is 53.6 Å². The largest absolute Gasteiger partial charge is 0.497 e. The molecule has 2 aromatic carbocycles. The van der Waals surface area contributed by atoms with Crippen LogP contribution in [0.5, 0.6) is 17.2 Å². The zero-order chi connectivity index (χ0) is 21.3. The van der Waals surface area contributed by atoms with Crippen molar-refractivity contribution in [1.82, 2.24) is 9.80 Å². The molecule has 5 nitrogen and oxygen atoms in total. The molecule has 0 radical (unpaired) electrons. The summed E-state index contributed by atoms with van der Waals surface area (Å²) in [7, 11) is 7.32. The van der Waals surface area contributed by atoms with Crippen LogP contribution < -0.4 is 14.2 Å². The fourth-order valence-corrected chi connectivity index (χ4v) is 4.36. The maximum absolute atomic E-state index is 5.41. The number of nitrogens with zero attached hydrogens (tertiary/aromatic N) is 2. The molecule has 1 saturated heterocycles. The van der Waals surface area contributed by atoms with Crippen LogP contribution in [0.4, 0.5) is 0 Å². The first-order valence-electron chi connectivity index (χ1n) is 10.9. The molecule has 1 aliphatic rings. The molecule has 1 atom stereocenters. The Morgan fingerprint density at radius 1 is 0.900 bits per heavy atom. The predicted octanol–water partition coefficient (Wildman–Crippen LogP) is 4.10. The molecule has 0 unspecified atom stereocenters. The molecule has 0 bridgehead atoms. The van der Waals surface area contributed by atoms with E-state index in [1.54, 1.807) is 21.3 Å². The molecule has 164 valence electrons. The molecule has 0 spiro atoms. The highest BCUT2D eigenvalue weighted by Crippen LogP contribution is 2.24. The summed E-state index contributed by atoms with van der Waals surface area (Å²) < 4.78 is 16.1. The van der Waals surface area contributed by atoms with Crippen molar-refractivity contribution >= 4 is 0 Å². The van der Waals surface area contributed by atoms with E-state index < -0.39 is 0 Å². The Morgan fingerprint density at radius 3 is 2.20 bits per heavy atom. The zero-order valence-electron chi connectivity index (χ0n) is 18.9. The van der Waals surface area contributed by atoms with Crippen molar-refractivity contribution in [3.63, 3.8) is 0 Å². The minimum Gasteiger partial charge on any atom is -0.497 e. The molecule has 30 heavy (non-hydrogen) atoms. The lowest BCUT2D eigenvalue weighted by Gasteiger charge is -2.34. The molecular weight excluding hydrogens is 376 g/mol.